The zero-order chi connectivity index (χ0) is 18.6. The van der Waals surface area contributed by atoms with Gasteiger partial charge in [0, 0.05) is 21.9 Å². The highest BCUT2D eigenvalue weighted by Crippen LogP contribution is 2.63. The maximum absolute atomic E-state index is 12.3. The molecule has 2 aliphatic rings. The number of rotatable bonds is 3. The number of fused-ring (bicyclic) bond motifs is 6. The number of carbonyl (C=O) groups is 1. The molecule has 4 heteroatoms. The molecule has 3 atom stereocenters. The molecule has 2 aliphatic carbocycles. The summed E-state index contributed by atoms with van der Waals surface area (Å²) in [5.41, 5.74) is 3.15. The largest absolute Gasteiger partial charge is 0.514 e. The van der Waals surface area contributed by atoms with Crippen molar-refractivity contribution >= 4 is 16.9 Å². The molecule has 2 bridgehead atoms. The van der Waals surface area contributed by atoms with Gasteiger partial charge in [-0.25, -0.2) is 4.79 Å². The van der Waals surface area contributed by atoms with Crippen LogP contribution in [0.5, 0.6) is 11.5 Å². The Morgan fingerprint density at radius 2 is 1.88 bits per heavy atom. The molecule has 2 aromatic carbocycles. The van der Waals surface area contributed by atoms with E-state index < -0.39 is 6.16 Å². The maximum atomic E-state index is 12.3. The predicted octanol–water partition coefficient (Wildman–Crippen LogP) is 5.64. The third-order valence-corrected chi connectivity index (χ3v) is 6.10. The van der Waals surface area contributed by atoms with Crippen LogP contribution in [0, 0.1) is 5.92 Å². The number of phenolic OH excluding ortho intramolecular Hbond substituents is 1. The van der Waals surface area contributed by atoms with Crippen LogP contribution >= 0.6 is 0 Å². The fourth-order valence-electron chi connectivity index (χ4n) is 4.88. The molecule has 0 amide bonds. The van der Waals surface area contributed by atoms with Gasteiger partial charge in [0.05, 0.1) is 6.10 Å². The Hall–Kier alpha value is -2.23. The molecule has 1 N–H and O–H groups in total. The Morgan fingerprint density at radius 3 is 2.54 bits per heavy atom. The molecular formula is C22H26O4. The van der Waals surface area contributed by atoms with Crippen LogP contribution in [0.25, 0.3) is 10.8 Å². The van der Waals surface area contributed by atoms with Crippen molar-refractivity contribution in [3.63, 3.8) is 0 Å². The van der Waals surface area contributed by atoms with Gasteiger partial charge >= 0.3 is 6.16 Å². The Labute approximate surface area is 154 Å². The van der Waals surface area contributed by atoms with Gasteiger partial charge in [-0.2, -0.15) is 0 Å². The van der Waals surface area contributed by atoms with E-state index >= 15 is 0 Å². The van der Waals surface area contributed by atoms with Gasteiger partial charge in [-0.05, 0) is 62.5 Å². The van der Waals surface area contributed by atoms with Crippen molar-refractivity contribution in [1.82, 2.24) is 0 Å². The molecule has 138 valence electrons. The zero-order valence-electron chi connectivity index (χ0n) is 15.8. The minimum absolute atomic E-state index is 0.236. The van der Waals surface area contributed by atoms with E-state index in [2.05, 4.69) is 13.8 Å². The van der Waals surface area contributed by atoms with Crippen LogP contribution in [0.4, 0.5) is 4.79 Å². The summed E-state index contributed by atoms with van der Waals surface area (Å²) in [6, 6.07) is 6.01. The highest BCUT2D eigenvalue weighted by Gasteiger charge is 2.47. The molecule has 1 saturated carbocycles. The topological polar surface area (TPSA) is 55.8 Å². The molecule has 4 nitrogen and oxygen atoms in total. The molecule has 2 aromatic rings. The summed E-state index contributed by atoms with van der Waals surface area (Å²) < 4.78 is 11.0. The van der Waals surface area contributed by atoms with E-state index in [1.54, 1.807) is 13.8 Å². The van der Waals surface area contributed by atoms with Gasteiger partial charge in [0.25, 0.3) is 0 Å². The number of hydrogen-bond acceptors (Lipinski definition) is 4. The summed E-state index contributed by atoms with van der Waals surface area (Å²) in [7, 11) is 0. The molecule has 0 aliphatic heterocycles. The van der Waals surface area contributed by atoms with Crippen LogP contribution < -0.4 is 4.74 Å². The SMILES string of the molecule is CCc1ccc2c(O)c3c(c(OC(=O)OC(C)C)c2c1)C1CCC3C1C. The summed E-state index contributed by atoms with van der Waals surface area (Å²) in [5, 5.41) is 12.6. The van der Waals surface area contributed by atoms with Gasteiger partial charge in [-0.15, -0.1) is 0 Å². The van der Waals surface area contributed by atoms with E-state index in [1.807, 2.05) is 18.2 Å². The van der Waals surface area contributed by atoms with E-state index in [0.29, 0.717) is 29.3 Å². The number of aryl methyl sites for hydroxylation is 1. The quantitative estimate of drug-likeness (QED) is 0.572. The minimum Gasteiger partial charge on any atom is -0.507 e. The van der Waals surface area contributed by atoms with E-state index in [-0.39, 0.29) is 6.10 Å². The lowest BCUT2D eigenvalue weighted by Gasteiger charge is -2.22. The van der Waals surface area contributed by atoms with E-state index in [1.165, 1.54) is 0 Å². The lowest BCUT2D eigenvalue weighted by atomic mass is 9.87. The van der Waals surface area contributed by atoms with Crippen LogP contribution in [-0.4, -0.2) is 17.4 Å². The van der Waals surface area contributed by atoms with E-state index in [9.17, 15) is 9.90 Å². The third-order valence-electron chi connectivity index (χ3n) is 6.10. The smallest absolute Gasteiger partial charge is 0.507 e. The first-order valence-corrected chi connectivity index (χ1v) is 9.62. The normalized spacial score (nSPS) is 23.5. The molecule has 0 aromatic heterocycles. The molecule has 4 rings (SSSR count). The van der Waals surface area contributed by atoms with Crippen LogP contribution in [0.15, 0.2) is 18.2 Å². The van der Waals surface area contributed by atoms with Crippen LogP contribution in [0.1, 0.15) is 69.1 Å². The second-order valence-corrected chi connectivity index (χ2v) is 7.91. The monoisotopic (exact) mass is 354 g/mol. The van der Waals surface area contributed by atoms with E-state index in [0.717, 1.165) is 46.7 Å². The van der Waals surface area contributed by atoms with Crippen molar-refractivity contribution in [2.45, 2.75) is 64.9 Å². The maximum Gasteiger partial charge on any atom is 0.514 e. The Kier molecular flexibility index (Phi) is 4.09. The number of ether oxygens (including phenoxy) is 2. The second-order valence-electron chi connectivity index (χ2n) is 7.91. The average Bonchev–Trinajstić information content (AvgIpc) is 3.10. The third kappa shape index (κ3) is 2.46. The van der Waals surface area contributed by atoms with Crippen LogP contribution in [-0.2, 0) is 11.2 Å². The van der Waals surface area contributed by atoms with Gasteiger partial charge in [0.1, 0.15) is 11.5 Å². The molecule has 0 spiro atoms. The first kappa shape index (κ1) is 17.2. The van der Waals surface area contributed by atoms with Crippen molar-refractivity contribution in [1.29, 1.82) is 0 Å². The molecule has 26 heavy (non-hydrogen) atoms. The Balaban J connectivity index is 1.95. The number of carbonyl (C=O) groups excluding carboxylic acids is 1. The summed E-state index contributed by atoms with van der Waals surface area (Å²) in [5.74, 6) is 2.09. The lowest BCUT2D eigenvalue weighted by molar-refractivity contribution is 0.0729. The molecular weight excluding hydrogens is 328 g/mol. The Morgan fingerprint density at radius 1 is 1.19 bits per heavy atom. The van der Waals surface area contributed by atoms with Crippen molar-refractivity contribution in [3.8, 4) is 11.5 Å². The van der Waals surface area contributed by atoms with Crippen molar-refractivity contribution < 1.29 is 19.4 Å². The highest BCUT2D eigenvalue weighted by molar-refractivity contribution is 5.98. The predicted molar refractivity (Wildman–Crippen MR) is 101 cm³/mol. The minimum atomic E-state index is -0.675. The highest BCUT2D eigenvalue weighted by atomic mass is 16.7. The molecule has 0 heterocycles. The van der Waals surface area contributed by atoms with Gasteiger partial charge in [0.15, 0.2) is 0 Å². The zero-order valence-corrected chi connectivity index (χ0v) is 15.8. The van der Waals surface area contributed by atoms with Crippen LogP contribution in [0.3, 0.4) is 0 Å². The standard InChI is InChI=1S/C22H26O4/c1-5-13-6-7-16-17(10-13)21(26-22(24)25-11(2)3)19-15-9-8-14(12(15)4)18(19)20(16)23/h6-7,10-12,14-15,23H,5,8-9H2,1-4H3. The fourth-order valence-corrected chi connectivity index (χ4v) is 4.88. The molecule has 3 unspecified atom stereocenters. The van der Waals surface area contributed by atoms with Gasteiger partial charge in [-0.1, -0.05) is 26.0 Å². The summed E-state index contributed by atoms with van der Waals surface area (Å²) in [4.78, 5) is 12.3. The number of benzene rings is 2. The molecule has 0 radical (unpaired) electrons. The second kappa shape index (κ2) is 6.19. The lowest BCUT2D eigenvalue weighted by Crippen LogP contribution is -2.17. The van der Waals surface area contributed by atoms with E-state index in [4.69, 9.17) is 9.47 Å². The summed E-state index contributed by atoms with van der Waals surface area (Å²) >= 11 is 0. The molecule has 1 fully saturated rings. The summed E-state index contributed by atoms with van der Waals surface area (Å²) in [6.07, 6.45) is 2.13. The van der Waals surface area contributed by atoms with Gasteiger partial charge in [-0.3, -0.25) is 0 Å². The molecule has 0 saturated heterocycles. The first-order valence-electron chi connectivity index (χ1n) is 9.62. The average molecular weight is 354 g/mol. The van der Waals surface area contributed by atoms with Crippen molar-refractivity contribution in [3.05, 3.63) is 34.9 Å². The first-order chi connectivity index (χ1) is 12.4. The number of hydrogen-bond donors (Lipinski definition) is 1. The Bertz CT molecular complexity index is 884. The number of phenols is 1. The summed E-state index contributed by atoms with van der Waals surface area (Å²) in [6.45, 7) is 7.94. The van der Waals surface area contributed by atoms with Crippen molar-refractivity contribution in [2.24, 2.45) is 5.92 Å². The van der Waals surface area contributed by atoms with Gasteiger partial charge < -0.3 is 14.6 Å². The number of aromatic hydroxyl groups is 1. The van der Waals surface area contributed by atoms with Crippen LogP contribution in [0.2, 0.25) is 0 Å². The van der Waals surface area contributed by atoms with Crippen molar-refractivity contribution in [2.75, 3.05) is 0 Å². The van der Waals surface area contributed by atoms with Gasteiger partial charge in [0.2, 0.25) is 0 Å². The fraction of sp³-hybridized carbons (Fsp3) is 0.500.